The molecule has 120 valence electrons. The molecule has 0 fully saturated rings. The van der Waals surface area contributed by atoms with E-state index in [9.17, 15) is 4.79 Å². The third-order valence-corrected chi connectivity index (χ3v) is 3.82. The molecule has 4 nitrogen and oxygen atoms in total. The number of rotatable bonds is 7. The maximum atomic E-state index is 11.9. The van der Waals surface area contributed by atoms with Gasteiger partial charge in [-0.25, -0.2) is 0 Å². The van der Waals surface area contributed by atoms with Crippen molar-refractivity contribution in [3.05, 3.63) is 29.8 Å². The number of carbonyl (C=O) groups excluding carboxylic acids is 1. The monoisotopic (exact) mass is 314 g/mol. The molecule has 0 bridgehead atoms. The minimum absolute atomic E-state index is 0. The molecule has 21 heavy (non-hydrogen) atoms. The average Bonchev–Trinajstić information content (AvgIpc) is 2.45. The molecule has 0 heterocycles. The second-order valence-corrected chi connectivity index (χ2v) is 5.61. The Bertz CT molecular complexity index is 434. The Hall–Kier alpha value is -1.26. The lowest BCUT2D eigenvalue weighted by atomic mass is 9.88. The van der Waals surface area contributed by atoms with Gasteiger partial charge in [0.1, 0.15) is 5.75 Å². The van der Waals surface area contributed by atoms with E-state index in [1.54, 1.807) is 0 Å². The van der Waals surface area contributed by atoms with E-state index in [-0.39, 0.29) is 30.8 Å². The van der Waals surface area contributed by atoms with Crippen LogP contribution in [-0.4, -0.2) is 24.6 Å². The Labute approximate surface area is 133 Å². The number of amides is 1. The Morgan fingerprint density at radius 1 is 1.33 bits per heavy atom. The van der Waals surface area contributed by atoms with Gasteiger partial charge in [0.05, 0.1) is 5.54 Å². The molecule has 0 aliphatic heterocycles. The van der Waals surface area contributed by atoms with E-state index in [1.807, 2.05) is 45.0 Å². The van der Waals surface area contributed by atoms with E-state index in [0.717, 1.165) is 6.42 Å². The van der Waals surface area contributed by atoms with Gasteiger partial charge in [-0.2, -0.15) is 0 Å². The predicted molar refractivity (Wildman–Crippen MR) is 89.0 cm³/mol. The molecule has 0 radical (unpaired) electrons. The Morgan fingerprint density at radius 3 is 2.33 bits per heavy atom. The van der Waals surface area contributed by atoms with E-state index in [0.29, 0.717) is 12.3 Å². The third kappa shape index (κ3) is 5.94. The number of ether oxygens (including phenoxy) is 1. The molecule has 0 aromatic heterocycles. The second kappa shape index (κ2) is 8.90. The van der Waals surface area contributed by atoms with E-state index in [2.05, 4.69) is 12.2 Å². The topological polar surface area (TPSA) is 64.3 Å². The van der Waals surface area contributed by atoms with Gasteiger partial charge in [0.25, 0.3) is 5.91 Å². The van der Waals surface area contributed by atoms with Gasteiger partial charge in [-0.05, 0) is 37.0 Å². The van der Waals surface area contributed by atoms with Crippen LogP contribution in [0.15, 0.2) is 24.3 Å². The Morgan fingerprint density at radius 2 is 1.90 bits per heavy atom. The number of nitrogens with two attached hydrogens (primary N) is 1. The summed E-state index contributed by atoms with van der Waals surface area (Å²) < 4.78 is 5.48. The fraction of sp³-hybridized carbons (Fsp3) is 0.562. The maximum absolute atomic E-state index is 11.9. The van der Waals surface area contributed by atoms with Gasteiger partial charge in [0.2, 0.25) is 0 Å². The quantitative estimate of drug-likeness (QED) is 0.813. The predicted octanol–water partition coefficient (Wildman–Crippen LogP) is 2.54. The van der Waals surface area contributed by atoms with Crippen molar-refractivity contribution in [2.24, 2.45) is 11.7 Å². The normalized spacial score (nSPS) is 13.2. The van der Waals surface area contributed by atoms with Gasteiger partial charge in [-0.3, -0.25) is 4.79 Å². The molecule has 1 atom stereocenters. The second-order valence-electron chi connectivity index (χ2n) is 5.61. The number of carbonyl (C=O) groups is 1. The van der Waals surface area contributed by atoms with Crippen LogP contribution in [0.1, 0.15) is 33.3 Å². The summed E-state index contributed by atoms with van der Waals surface area (Å²) in [6, 6.07) is 7.78. The minimum Gasteiger partial charge on any atom is -0.484 e. The molecular weight excluding hydrogens is 288 g/mol. The summed E-state index contributed by atoms with van der Waals surface area (Å²) in [5.41, 5.74) is 6.59. The first-order valence-corrected chi connectivity index (χ1v) is 7.14. The number of aryl methyl sites for hydroxylation is 1. The number of nitrogens with one attached hydrogen (secondary N) is 1. The molecule has 1 unspecified atom stereocenters. The Balaban J connectivity index is 0.00000400. The van der Waals surface area contributed by atoms with E-state index in [4.69, 9.17) is 10.5 Å². The first-order valence-electron chi connectivity index (χ1n) is 7.14. The highest BCUT2D eigenvalue weighted by atomic mass is 35.5. The minimum atomic E-state index is -0.396. The lowest BCUT2D eigenvalue weighted by Gasteiger charge is -2.33. The van der Waals surface area contributed by atoms with E-state index in [1.165, 1.54) is 5.56 Å². The summed E-state index contributed by atoms with van der Waals surface area (Å²) in [5.74, 6) is 0.822. The van der Waals surface area contributed by atoms with Crippen molar-refractivity contribution in [2.75, 3.05) is 13.2 Å². The fourth-order valence-corrected chi connectivity index (χ4v) is 1.76. The SMILES string of the molecule is CCc1ccc(OCC(=O)NC(C)(CN)C(C)C)cc1.Cl. The van der Waals surface area contributed by atoms with Crippen LogP contribution in [0, 0.1) is 5.92 Å². The van der Waals surface area contributed by atoms with Crippen LogP contribution in [0.25, 0.3) is 0 Å². The van der Waals surface area contributed by atoms with Crippen molar-refractivity contribution in [2.45, 2.75) is 39.7 Å². The highest BCUT2D eigenvalue weighted by Gasteiger charge is 2.28. The van der Waals surface area contributed by atoms with Crippen molar-refractivity contribution in [3.8, 4) is 5.75 Å². The zero-order valence-corrected chi connectivity index (χ0v) is 14.1. The Kier molecular flexibility index (Phi) is 8.37. The molecule has 5 heteroatoms. The highest BCUT2D eigenvalue weighted by molar-refractivity contribution is 5.85. The lowest BCUT2D eigenvalue weighted by Crippen LogP contribution is -2.56. The smallest absolute Gasteiger partial charge is 0.258 e. The molecule has 0 saturated carbocycles. The molecule has 1 rings (SSSR count). The molecule has 3 N–H and O–H groups in total. The zero-order valence-electron chi connectivity index (χ0n) is 13.3. The lowest BCUT2D eigenvalue weighted by molar-refractivity contribution is -0.125. The third-order valence-electron chi connectivity index (χ3n) is 3.82. The molecule has 0 aliphatic rings. The van der Waals surface area contributed by atoms with Crippen LogP contribution in [-0.2, 0) is 11.2 Å². The number of hydrogen-bond acceptors (Lipinski definition) is 3. The number of benzene rings is 1. The standard InChI is InChI=1S/C16H26N2O2.ClH/c1-5-13-6-8-14(9-7-13)20-10-15(19)18-16(4,11-17)12(2)3;/h6-9,12H,5,10-11,17H2,1-4H3,(H,18,19);1H. The summed E-state index contributed by atoms with van der Waals surface area (Å²) in [6.45, 7) is 8.54. The van der Waals surface area contributed by atoms with Crippen molar-refractivity contribution in [3.63, 3.8) is 0 Å². The van der Waals surface area contributed by atoms with Crippen molar-refractivity contribution >= 4 is 18.3 Å². The molecule has 1 aromatic carbocycles. The number of halogens is 1. The van der Waals surface area contributed by atoms with Gasteiger partial charge >= 0.3 is 0 Å². The zero-order chi connectivity index (χ0) is 15.2. The average molecular weight is 315 g/mol. The summed E-state index contributed by atoms with van der Waals surface area (Å²) in [6.07, 6.45) is 0.990. The number of hydrogen-bond donors (Lipinski definition) is 2. The van der Waals surface area contributed by atoms with Gasteiger partial charge in [-0.1, -0.05) is 32.9 Å². The molecular formula is C16H27ClN2O2. The van der Waals surface area contributed by atoms with Crippen molar-refractivity contribution in [1.82, 2.24) is 5.32 Å². The van der Waals surface area contributed by atoms with Gasteiger partial charge in [0.15, 0.2) is 6.61 Å². The van der Waals surface area contributed by atoms with Crippen molar-refractivity contribution < 1.29 is 9.53 Å². The summed E-state index contributed by atoms with van der Waals surface area (Å²) in [7, 11) is 0. The fourth-order valence-electron chi connectivity index (χ4n) is 1.76. The summed E-state index contributed by atoms with van der Waals surface area (Å²) in [4.78, 5) is 11.9. The molecule has 0 aliphatic carbocycles. The van der Waals surface area contributed by atoms with Crippen molar-refractivity contribution in [1.29, 1.82) is 0 Å². The van der Waals surface area contributed by atoms with E-state index < -0.39 is 5.54 Å². The summed E-state index contributed by atoms with van der Waals surface area (Å²) >= 11 is 0. The first-order chi connectivity index (χ1) is 9.41. The summed E-state index contributed by atoms with van der Waals surface area (Å²) in [5, 5.41) is 2.95. The molecule has 0 spiro atoms. The first kappa shape index (κ1) is 19.7. The molecule has 1 aromatic rings. The van der Waals surface area contributed by atoms with Crippen LogP contribution >= 0.6 is 12.4 Å². The van der Waals surface area contributed by atoms with Gasteiger partial charge in [0, 0.05) is 6.54 Å². The molecule has 1 amide bonds. The van der Waals surface area contributed by atoms with Crippen LogP contribution in [0.2, 0.25) is 0 Å². The van der Waals surface area contributed by atoms with Gasteiger partial charge in [-0.15, -0.1) is 12.4 Å². The highest BCUT2D eigenvalue weighted by Crippen LogP contribution is 2.15. The van der Waals surface area contributed by atoms with Crippen LogP contribution in [0.5, 0.6) is 5.75 Å². The van der Waals surface area contributed by atoms with Crippen LogP contribution in [0.4, 0.5) is 0 Å². The van der Waals surface area contributed by atoms with E-state index >= 15 is 0 Å². The van der Waals surface area contributed by atoms with Gasteiger partial charge < -0.3 is 15.8 Å². The largest absolute Gasteiger partial charge is 0.484 e. The molecule has 0 saturated heterocycles. The van der Waals surface area contributed by atoms with Crippen LogP contribution < -0.4 is 15.8 Å². The maximum Gasteiger partial charge on any atom is 0.258 e. The van der Waals surface area contributed by atoms with Crippen LogP contribution in [0.3, 0.4) is 0 Å².